The van der Waals surface area contributed by atoms with Crippen molar-refractivity contribution in [1.29, 1.82) is 0 Å². The smallest absolute Gasteiger partial charge is 0.240 e. The number of halogens is 2. The van der Waals surface area contributed by atoms with Crippen molar-refractivity contribution < 1.29 is 4.79 Å². The number of imidazole rings is 1. The molecule has 0 aliphatic heterocycles. The van der Waals surface area contributed by atoms with Crippen LogP contribution < -0.4 is 5.32 Å². The van der Waals surface area contributed by atoms with Crippen LogP contribution in [0.5, 0.6) is 0 Å². The SMILES string of the molecule is CC(C)NC(=O)Cn1c(C(C)Cl)nc2cc(Cl)ccc21. The summed E-state index contributed by atoms with van der Waals surface area (Å²) in [4.78, 5) is 16.4. The topological polar surface area (TPSA) is 46.9 Å². The molecule has 0 saturated heterocycles. The molecule has 1 amide bonds. The van der Waals surface area contributed by atoms with Crippen molar-refractivity contribution in [2.75, 3.05) is 0 Å². The summed E-state index contributed by atoms with van der Waals surface area (Å²) >= 11 is 12.1. The van der Waals surface area contributed by atoms with Gasteiger partial charge in [-0.05, 0) is 39.0 Å². The van der Waals surface area contributed by atoms with Gasteiger partial charge < -0.3 is 9.88 Å². The van der Waals surface area contributed by atoms with Crippen LogP contribution >= 0.6 is 23.2 Å². The van der Waals surface area contributed by atoms with Gasteiger partial charge in [-0.25, -0.2) is 4.98 Å². The average Bonchev–Trinajstić information content (AvgIpc) is 2.66. The number of nitrogens with one attached hydrogen (secondary N) is 1. The Bertz CT molecular complexity index is 635. The highest BCUT2D eigenvalue weighted by Gasteiger charge is 2.17. The molecule has 0 aliphatic carbocycles. The molecule has 0 radical (unpaired) electrons. The summed E-state index contributed by atoms with van der Waals surface area (Å²) in [6.45, 7) is 5.88. The number of amides is 1. The fourth-order valence-electron chi connectivity index (χ4n) is 2.10. The molecule has 1 aromatic heterocycles. The molecular weight excluding hydrogens is 297 g/mol. The molecule has 0 saturated carbocycles. The normalized spacial score (nSPS) is 12.9. The number of carbonyl (C=O) groups is 1. The molecule has 6 heteroatoms. The van der Waals surface area contributed by atoms with Crippen LogP contribution in [0, 0.1) is 0 Å². The van der Waals surface area contributed by atoms with Gasteiger partial charge in [0.05, 0.1) is 16.4 Å². The number of alkyl halides is 1. The van der Waals surface area contributed by atoms with E-state index in [2.05, 4.69) is 10.3 Å². The maximum absolute atomic E-state index is 12.0. The van der Waals surface area contributed by atoms with Gasteiger partial charge >= 0.3 is 0 Å². The van der Waals surface area contributed by atoms with Gasteiger partial charge in [-0.1, -0.05) is 11.6 Å². The second kappa shape index (κ2) is 6.02. The maximum Gasteiger partial charge on any atom is 0.240 e. The number of nitrogens with zero attached hydrogens (tertiary/aromatic N) is 2. The highest BCUT2D eigenvalue weighted by Crippen LogP contribution is 2.26. The second-order valence-electron chi connectivity index (χ2n) is 5.03. The minimum Gasteiger partial charge on any atom is -0.352 e. The first-order valence-electron chi connectivity index (χ1n) is 6.47. The van der Waals surface area contributed by atoms with E-state index in [1.165, 1.54) is 0 Å². The van der Waals surface area contributed by atoms with Gasteiger partial charge in [0.15, 0.2) is 0 Å². The van der Waals surface area contributed by atoms with Gasteiger partial charge in [-0.3, -0.25) is 4.79 Å². The van der Waals surface area contributed by atoms with Gasteiger partial charge in [0.1, 0.15) is 12.4 Å². The van der Waals surface area contributed by atoms with Crippen LogP contribution in [-0.4, -0.2) is 21.5 Å². The summed E-state index contributed by atoms with van der Waals surface area (Å²) in [6.07, 6.45) is 0. The summed E-state index contributed by atoms with van der Waals surface area (Å²) in [7, 11) is 0. The van der Waals surface area contributed by atoms with E-state index in [1.54, 1.807) is 12.1 Å². The van der Waals surface area contributed by atoms with E-state index in [0.717, 1.165) is 11.0 Å². The molecule has 1 unspecified atom stereocenters. The zero-order valence-electron chi connectivity index (χ0n) is 11.7. The van der Waals surface area contributed by atoms with E-state index >= 15 is 0 Å². The van der Waals surface area contributed by atoms with Crippen molar-refractivity contribution in [2.45, 2.75) is 38.7 Å². The van der Waals surface area contributed by atoms with Crippen LogP contribution in [-0.2, 0) is 11.3 Å². The zero-order valence-corrected chi connectivity index (χ0v) is 13.2. The Morgan fingerprint density at radius 1 is 1.40 bits per heavy atom. The number of hydrogen-bond acceptors (Lipinski definition) is 2. The van der Waals surface area contributed by atoms with Gasteiger partial charge in [-0.15, -0.1) is 11.6 Å². The second-order valence-corrected chi connectivity index (χ2v) is 6.12. The Labute approximate surface area is 128 Å². The van der Waals surface area contributed by atoms with Crippen LogP contribution in [0.4, 0.5) is 0 Å². The van der Waals surface area contributed by atoms with Crippen molar-refractivity contribution in [2.24, 2.45) is 0 Å². The van der Waals surface area contributed by atoms with E-state index in [-0.39, 0.29) is 23.9 Å². The van der Waals surface area contributed by atoms with Crippen molar-refractivity contribution in [1.82, 2.24) is 14.9 Å². The third kappa shape index (κ3) is 3.25. The molecular formula is C14H17Cl2N3O. The zero-order chi connectivity index (χ0) is 14.9. The minimum absolute atomic E-state index is 0.0622. The number of fused-ring (bicyclic) bond motifs is 1. The number of aromatic nitrogens is 2. The lowest BCUT2D eigenvalue weighted by Crippen LogP contribution is -2.33. The summed E-state index contributed by atoms with van der Waals surface area (Å²) in [6, 6.07) is 5.51. The van der Waals surface area contributed by atoms with Crippen LogP contribution in [0.25, 0.3) is 11.0 Å². The highest BCUT2D eigenvalue weighted by molar-refractivity contribution is 6.31. The summed E-state index contributed by atoms with van der Waals surface area (Å²) in [5, 5.41) is 3.20. The number of rotatable bonds is 4. The Kier molecular flexibility index (Phi) is 4.55. The van der Waals surface area contributed by atoms with Crippen molar-refractivity contribution in [3.05, 3.63) is 29.0 Å². The van der Waals surface area contributed by atoms with Gasteiger partial charge in [-0.2, -0.15) is 0 Å². The average molecular weight is 314 g/mol. The Morgan fingerprint density at radius 3 is 2.70 bits per heavy atom. The summed E-state index contributed by atoms with van der Waals surface area (Å²) in [5.41, 5.74) is 1.60. The molecule has 108 valence electrons. The number of hydrogen-bond donors (Lipinski definition) is 1. The van der Waals surface area contributed by atoms with E-state index in [0.29, 0.717) is 10.8 Å². The lowest BCUT2D eigenvalue weighted by Gasteiger charge is -2.12. The van der Waals surface area contributed by atoms with Gasteiger partial charge in [0.25, 0.3) is 0 Å². The predicted octanol–water partition coefficient (Wildman–Crippen LogP) is 3.51. The molecule has 0 bridgehead atoms. The number of benzene rings is 1. The standard InChI is InChI=1S/C14H17Cl2N3O/c1-8(2)17-13(20)7-19-12-5-4-10(16)6-11(12)18-14(19)9(3)15/h4-6,8-9H,7H2,1-3H3,(H,17,20). The molecule has 1 atom stereocenters. The maximum atomic E-state index is 12.0. The minimum atomic E-state index is -0.284. The molecule has 0 spiro atoms. The molecule has 0 aliphatic rings. The fourth-order valence-corrected chi connectivity index (χ4v) is 2.44. The van der Waals surface area contributed by atoms with E-state index in [9.17, 15) is 4.79 Å². The lowest BCUT2D eigenvalue weighted by atomic mass is 10.3. The lowest BCUT2D eigenvalue weighted by molar-refractivity contribution is -0.122. The molecule has 1 aromatic carbocycles. The highest BCUT2D eigenvalue weighted by atomic mass is 35.5. The first-order chi connectivity index (χ1) is 9.38. The molecule has 2 aromatic rings. The monoisotopic (exact) mass is 313 g/mol. The molecule has 2 rings (SSSR count). The Balaban J connectivity index is 2.43. The third-order valence-corrected chi connectivity index (χ3v) is 3.28. The summed E-state index contributed by atoms with van der Waals surface area (Å²) in [5.74, 6) is 0.607. The molecule has 1 N–H and O–H groups in total. The Hall–Kier alpha value is -1.26. The molecule has 1 heterocycles. The van der Waals surface area contributed by atoms with E-state index in [4.69, 9.17) is 23.2 Å². The van der Waals surface area contributed by atoms with Crippen LogP contribution in [0.15, 0.2) is 18.2 Å². The largest absolute Gasteiger partial charge is 0.352 e. The van der Waals surface area contributed by atoms with E-state index < -0.39 is 0 Å². The van der Waals surface area contributed by atoms with Crippen molar-refractivity contribution >= 4 is 40.1 Å². The van der Waals surface area contributed by atoms with Gasteiger partial charge in [0, 0.05) is 11.1 Å². The van der Waals surface area contributed by atoms with E-state index in [1.807, 2.05) is 31.4 Å². The third-order valence-electron chi connectivity index (χ3n) is 2.85. The molecule has 20 heavy (non-hydrogen) atoms. The summed E-state index contributed by atoms with van der Waals surface area (Å²) < 4.78 is 1.83. The van der Waals surface area contributed by atoms with Crippen LogP contribution in [0.1, 0.15) is 32.0 Å². The predicted molar refractivity (Wildman–Crippen MR) is 82.3 cm³/mol. The quantitative estimate of drug-likeness (QED) is 0.878. The van der Waals surface area contributed by atoms with Crippen LogP contribution in [0.2, 0.25) is 5.02 Å². The number of carbonyl (C=O) groups excluding carboxylic acids is 1. The fraction of sp³-hybridized carbons (Fsp3) is 0.429. The van der Waals surface area contributed by atoms with Crippen molar-refractivity contribution in [3.63, 3.8) is 0 Å². The first-order valence-corrected chi connectivity index (χ1v) is 7.29. The molecule has 0 fully saturated rings. The van der Waals surface area contributed by atoms with Gasteiger partial charge in [0.2, 0.25) is 5.91 Å². The molecule has 4 nitrogen and oxygen atoms in total. The van der Waals surface area contributed by atoms with Crippen molar-refractivity contribution in [3.8, 4) is 0 Å². The van der Waals surface area contributed by atoms with Crippen LogP contribution in [0.3, 0.4) is 0 Å². The Morgan fingerprint density at radius 2 is 2.10 bits per heavy atom. The first kappa shape index (κ1) is 15.1.